The van der Waals surface area contributed by atoms with Crippen molar-refractivity contribution in [3.05, 3.63) is 29.6 Å². The van der Waals surface area contributed by atoms with Crippen molar-refractivity contribution in [1.29, 1.82) is 0 Å². The maximum absolute atomic E-state index is 13.6. The molecule has 0 aliphatic rings. The van der Waals surface area contributed by atoms with Gasteiger partial charge < -0.3 is 14.8 Å². The molecule has 0 heterocycles. The SMILES string of the molecule is CCNCc1cccc(F)c1OCCOCC. The highest BCUT2D eigenvalue weighted by atomic mass is 19.1. The molecule has 0 aliphatic carbocycles. The third-order valence-corrected chi connectivity index (χ3v) is 2.29. The first-order chi connectivity index (χ1) is 8.29. The summed E-state index contributed by atoms with van der Waals surface area (Å²) in [5, 5.41) is 3.16. The molecule has 0 radical (unpaired) electrons. The van der Waals surface area contributed by atoms with Gasteiger partial charge >= 0.3 is 0 Å². The Labute approximate surface area is 102 Å². The highest BCUT2D eigenvalue weighted by Crippen LogP contribution is 2.22. The van der Waals surface area contributed by atoms with Crippen LogP contribution in [0, 0.1) is 5.82 Å². The van der Waals surface area contributed by atoms with Gasteiger partial charge in [0, 0.05) is 18.7 Å². The van der Waals surface area contributed by atoms with Gasteiger partial charge in [0.2, 0.25) is 0 Å². The molecule has 0 aliphatic heterocycles. The minimum atomic E-state index is -0.322. The number of halogens is 1. The van der Waals surface area contributed by atoms with Crippen LogP contribution in [0.1, 0.15) is 19.4 Å². The van der Waals surface area contributed by atoms with E-state index in [4.69, 9.17) is 9.47 Å². The van der Waals surface area contributed by atoms with E-state index in [0.717, 1.165) is 12.1 Å². The lowest BCUT2D eigenvalue weighted by Gasteiger charge is -2.12. The molecule has 1 rings (SSSR count). The molecule has 1 aromatic rings. The van der Waals surface area contributed by atoms with Crippen LogP contribution in [0.2, 0.25) is 0 Å². The fourth-order valence-electron chi connectivity index (χ4n) is 1.46. The molecule has 17 heavy (non-hydrogen) atoms. The minimum Gasteiger partial charge on any atom is -0.488 e. The van der Waals surface area contributed by atoms with E-state index in [9.17, 15) is 4.39 Å². The van der Waals surface area contributed by atoms with Crippen LogP contribution in [0.5, 0.6) is 5.75 Å². The predicted octanol–water partition coefficient (Wildman–Crippen LogP) is 2.35. The van der Waals surface area contributed by atoms with E-state index in [2.05, 4.69) is 5.32 Å². The molecule has 0 unspecified atom stereocenters. The summed E-state index contributed by atoms with van der Waals surface area (Å²) in [5.41, 5.74) is 0.836. The van der Waals surface area contributed by atoms with Crippen LogP contribution in [0.15, 0.2) is 18.2 Å². The molecule has 96 valence electrons. The van der Waals surface area contributed by atoms with Gasteiger partial charge in [-0.1, -0.05) is 19.1 Å². The number of hydrogen-bond acceptors (Lipinski definition) is 3. The Kier molecular flexibility index (Phi) is 6.58. The monoisotopic (exact) mass is 241 g/mol. The molecule has 0 saturated heterocycles. The van der Waals surface area contributed by atoms with Crippen LogP contribution in [-0.4, -0.2) is 26.4 Å². The van der Waals surface area contributed by atoms with Crippen LogP contribution in [0.25, 0.3) is 0 Å². The van der Waals surface area contributed by atoms with E-state index in [1.165, 1.54) is 6.07 Å². The summed E-state index contributed by atoms with van der Waals surface area (Å²) < 4.78 is 24.2. The third-order valence-electron chi connectivity index (χ3n) is 2.29. The van der Waals surface area contributed by atoms with Crippen molar-refractivity contribution in [2.24, 2.45) is 0 Å². The number of hydrogen-bond donors (Lipinski definition) is 1. The predicted molar refractivity (Wildman–Crippen MR) is 65.8 cm³/mol. The number of rotatable bonds is 8. The second kappa shape index (κ2) is 8.03. The molecule has 1 aromatic carbocycles. The highest BCUT2D eigenvalue weighted by molar-refractivity contribution is 5.34. The molecular weight excluding hydrogens is 221 g/mol. The summed E-state index contributed by atoms with van der Waals surface area (Å²) in [6.45, 7) is 6.87. The van der Waals surface area contributed by atoms with Crippen LogP contribution in [0.3, 0.4) is 0 Å². The van der Waals surface area contributed by atoms with Crippen molar-refractivity contribution in [2.75, 3.05) is 26.4 Å². The standard InChI is InChI=1S/C13H20FNO2/c1-3-15-10-11-6-5-7-12(14)13(11)17-9-8-16-4-2/h5-7,15H,3-4,8-10H2,1-2H3. The first-order valence-corrected chi connectivity index (χ1v) is 5.98. The molecule has 0 spiro atoms. The van der Waals surface area contributed by atoms with E-state index in [1.54, 1.807) is 6.07 Å². The molecule has 0 atom stereocenters. The largest absolute Gasteiger partial charge is 0.488 e. The zero-order valence-corrected chi connectivity index (χ0v) is 10.5. The molecule has 3 nitrogen and oxygen atoms in total. The van der Waals surface area contributed by atoms with E-state index in [1.807, 2.05) is 19.9 Å². The van der Waals surface area contributed by atoms with Crippen molar-refractivity contribution in [1.82, 2.24) is 5.32 Å². The summed E-state index contributed by atoms with van der Waals surface area (Å²) in [4.78, 5) is 0. The van der Waals surface area contributed by atoms with Gasteiger partial charge in [0.25, 0.3) is 0 Å². The summed E-state index contributed by atoms with van der Waals surface area (Å²) >= 11 is 0. The maximum atomic E-state index is 13.6. The molecule has 0 aromatic heterocycles. The van der Waals surface area contributed by atoms with Gasteiger partial charge in [0.15, 0.2) is 11.6 Å². The lowest BCUT2D eigenvalue weighted by atomic mass is 10.2. The molecule has 0 bridgehead atoms. The molecule has 4 heteroatoms. The average Bonchev–Trinajstić information content (AvgIpc) is 2.34. The van der Waals surface area contributed by atoms with E-state index in [0.29, 0.717) is 32.1 Å². The average molecular weight is 241 g/mol. The lowest BCUT2D eigenvalue weighted by Crippen LogP contribution is -2.14. The first kappa shape index (κ1) is 13.9. The Bertz CT molecular complexity index is 331. The lowest BCUT2D eigenvalue weighted by molar-refractivity contribution is 0.108. The second-order valence-corrected chi connectivity index (χ2v) is 3.55. The molecular formula is C13H20FNO2. The van der Waals surface area contributed by atoms with Crippen molar-refractivity contribution < 1.29 is 13.9 Å². The van der Waals surface area contributed by atoms with E-state index in [-0.39, 0.29) is 5.82 Å². The number of para-hydroxylation sites is 1. The van der Waals surface area contributed by atoms with Gasteiger partial charge in [0.1, 0.15) is 6.61 Å². The number of nitrogens with one attached hydrogen (secondary N) is 1. The van der Waals surface area contributed by atoms with Crippen molar-refractivity contribution in [2.45, 2.75) is 20.4 Å². The molecule has 1 N–H and O–H groups in total. The van der Waals surface area contributed by atoms with Gasteiger partial charge in [-0.2, -0.15) is 0 Å². The van der Waals surface area contributed by atoms with E-state index < -0.39 is 0 Å². The highest BCUT2D eigenvalue weighted by Gasteiger charge is 2.09. The van der Waals surface area contributed by atoms with Gasteiger partial charge in [-0.05, 0) is 19.5 Å². The molecule has 0 saturated carbocycles. The van der Waals surface area contributed by atoms with Crippen LogP contribution >= 0.6 is 0 Å². The topological polar surface area (TPSA) is 30.5 Å². The summed E-state index contributed by atoms with van der Waals surface area (Å²) in [6, 6.07) is 4.96. The van der Waals surface area contributed by atoms with Crippen LogP contribution in [-0.2, 0) is 11.3 Å². The summed E-state index contributed by atoms with van der Waals surface area (Å²) in [5.74, 6) is 0.00468. The zero-order valence-electron chi connectivity index (χ0n) is 10.5. The smallest absolute Gasteiger partial charge is 0.165 e. The van der Waals surface area contributed by atoms with E-state index >= 15 is 0 Å². The van der Waals surface area contributed by atoms with Crippen molar-refractivity contribution in [3.8, 4) is 5.75 Å². The van der Waals surface area contributed by atoms with Gasteiger partial charge in [0.05, 0.1) is 6.61 Å². The first-order valence-electron chi connectivity index (χ1n) is 5.98. The minimum absolute atomic E-state index is 0.322. The Balaban J connectivity index is 2.60. The van der Waals surface area contributed by atoms with Gasteiger partial charge in [-0.3, -0.25) is 0 Å². The summed E-state index contributed by atoms with van der Waals surface area (Å²) in [6.07, 6.45) is 0. The fraction of sp³-hybridized carbons (Fsp3) is 0.538. The van der Waals surface area contributed by atoms with Crippen LogP contribution in [0.4, 0.5) is 4.39 Å². The summed E-state index contributed by atoms with van der Waals surface area (Å²) in [7, 11) is 0. The second-order valence-electron chi connectivity index (χ2n) is 3.55. The van der Waals surface area contributed by atoms with Crippen molar-refractivity contribution in [3.63, 3.8) is 0 Å². The van der Waals surface area contributed by atoms with Gasteiger partial charge in [-0.25, -0.2) is 4.39 Å². The normalized spacial score (nSPS) is 10.5. The maximum Gasteiger partial charge on any atom is 0.165 e. The quantitative estimate of drug-likeness (QED) is 0.709. The molecule has 0 amide bonds. The number of ether oxygens (including phenoxy) is 2. The molecule has 0 fully saturated rings. The fourth-order valence-corrected chi connectivity index (χ4v) is 1.46. The zero-order chi connectivity index (χ0) is 12.5. The number of benzene rings is 1. The Morgan fingerprint density at radius 1 is 1.24 bits per heavy atom. The van der Waals surface area contributed by atoms with Crippen molar-refractivity contribution >= 4 is 0 Å². The Morgan fingerprint density at radius 3 is 2.76 bits per heavy atom. The van der Waals surface area contributed by atoms with Crippen LogP contribution < -0.4 is 10.1 Å². The Hall–Kier alpha value is -1.13. The van der Waals surface area contributed by atoms with Gasteiger partial charge in [-0.15, -0.1) is 0 Å². The Morgan fingerprint density at radius 2 is 2.06 bits per heavy atom. The third kappa shape index (κ3) is 4.71.